The number of nitrogens with zero attached hydrogens (tertiary/aromatic N) is 2. The highest BCUT2D eigenvalue weighted by Crippen LogP contribution is 2.38. The predicted octanol–water partition coefficient (Wildman–Crippen LogP) is 1.33. The van der Waals surface area contributed by atoms with Crippen molar-refractivity contribution < 1.29 is 14.6 Å². The van der Waals surface area contributed by atoms with Crippen molar-refractivity contribution >= 4 is 5.91 Å². The molecule has 1 amide bonds. The molecule has 1 spiro atoms. The number of likely N-dealkylation sites (tertiary alicyclic amines) is 1. The molecule has 0 aromatic carbocycles. The predicted molar refractivity (Wildman–Crippen MR) is 76.9 cm³/mol. The van der Waals surface area contributed by atoms with Gasteiger partial charge in [-0.25, -0.2) is 0 Å². The minimum Gasteiger partial charge on any atom is -0.393 e. The largest absolute Gasteiger partial charge is 0.393 e. The smallest absolute Gasteiger partial charge is 0.271 e. The van der Waals surface area contributed by atoms with Gasteiger partial charge in [0.05, 0.1) is 17.8 Å². The summed E-state index contributed by atoms with van der Waals surface area (Å²) in [6.07, 6.45) is 5.38. The van der Waals surface area contributed by atoms with Gasteiger partial charge in [0.15, 0.2) is 0 Å². The summed E-state index contributed by atoms with van der Waals surface area (Å²) < 4.78 is 6.24. The molecule has 2 fully saturated rings. The number of H-pyrrole nitrogens is 1. The number of piperidine rings is 1. The van der Waals surface area contributed by atoms with Gasteiger partial charge in [-0.2, -0.15) is 5.10 Å². The number of aliphatic hydroxyl groups is 1. The molecule has 0 saturated carbocycles. The fourth-order valence-corrected chi connectivity index (χ4v) is 3.50. The summed E-state index contributed by atoms with van der Waals surface area (Å²) in [6, 6.07) is 1.70. The van der Waals surface area contributed by atoms with Crippen LogP contribution in [0.15, 0.2) is 12.3 Å². The first-order chi connectivity index (χ1) is 10.1. The van der Waals surface area contributed by atoms with Gasteiger partial charge in [0.1, 0.15) is 5.69 Å². The maximum atomic E-state index is 12.3. The Bertz CT molecular complexity index is 480. The van der Waals surface area contributed by atoms with Crippen LogP contribution < -0.4 is 0 Å². The zero-order valence-electron chi connectivity index (χ0n) is 12.4. The lowest BCUT2D eigenvalue weighted by Crippen LogP contribution is -2.53. The topological polar surface area (TPSA) is 78.5 Å². The summed E-state index contributed by atoms with van der Waals surface area (Å²) in [5, 5.41) is 16.6. The Hall–Kier alpha value is -1.40. The van der Waals surface area contributed by atoms with Crippen molar-refractivity contribution in [1.82, 2.24) is 15.1 Å². The molecule has 2 N–H and O–H groups in total. The number of hydrogen-bond acceptors (Lipinski definition) is 4. The highest BCUT2D eigenvalue weighted by atomic mass is 16.5. The summed E-state index contributed by atoms with van der Waals surface area (Å²) >= 11 is 0. The first-order valence-corrected chi connectivity index (χ1v) is 7.76. The van der Waals surface area contributed by atoms with E-state index in [1.807, 2.05) is 4.90 Å². The highest BCUT2D eigenvalue weighted by Gasteiger charge is 2.43. The first-order valence-electron chi connectivity index (χ1n) is 7.76. The van der Waals surface area contributed by atoms with E-state index >= 15 is 0 Å². The molecule has 6 nitrogen and oxygen atoms in total. The Morgan fingerprint density at radius 1 is 1.57 bits per heavy atom. The summed E-state index contributed by atoms with van der Waals surface area (Å²) in [6.45, 7) is 3.43. The molecule has 1 aromatic rings. The molecule has 2 atom stereocenters. The molecule has 2 aliphatic rings. The highest BCUT2D eigenvalue weighted by molar-refractivity contribution is 5.92. The third-order valence-corrected chi connectivity index (χ3v) is 4.71. The van der Waals surface area contributed by atoms with E-state index in [2.05, 4.69) is 17.1 Å². The van der Waals surface area contributed by atoms with Crippen molar-refractivity contribution in [1.29, 1.82) is 0 Å². The second kappa shape index (κ2) is 5.77. The molecule has 3 rings (SSSR count). The van der Waals surface area contributed by atoms with E-state index in [-0.39, 0.29) is 23.7 Å². The molecular formula is C15H23N3O3. The van der Waals surface area contributed by atoms with Crippen LogP contribution >= 0.6 is 0 Å². The van der Waals surface area contributed by atoms with Crippen LogP contribution in [0.4, 0.5) is 0 Å². The molecular weight excluding hydrogens is 270 g/mol. The summed E-state index contributed by atoms with van der Waals surface area (Å²) in [5.41, 5.74) is 0.283. The molecule has 3 heterocycles. The third kappa shape index (κ3) is 2.96. The fourth-order valence-electron chi connectivity index (χ4n) is 3.50. The normalized spacial score (nSPS) is 28.8. The molecule has 0 bridgehead atoms. The van der Waals surface area contributed by atoms with Crippen LogP contribution in [-0.2, 0) is 4.74 Å². The lowest BCUT2D eigenvalue weighted by Gasteiger charge is -2.47. The Kier molecular flexibility index (Phi) is 3.99. The SMILES string of the molecule is CC[C@H]1C[C@@H](O)CC2(CCN(C(=O)c3ccn[nH]3)CC2)O1. The second-order valence-corrected chi connectivity index (χ2v) is 6.19. The number of aromatic nitrogens is 2. The van der Waals surface area contributed by atoms with E-state index < -0.39 is 0 Å². The lowest BCUT2D eigenvalue weighted by molar-refractivity contribution is -0.179. The summed E-state index contributed by atoms with van der Waals surface area (Å²) in [5.74, 6) is -0.00857. The van der Waals surface area contributed by atoms with Crippen LogP contribution in [0.3, 0.4) is 0 Å². The third-order valence-electron chi connectivity index (χ3n) is 4.71. The van der Waals surface area contributed by atoms with Gasteiger partial charge in [-0.15, -0.1) is 0 Å². The minimum absolute atomic E-state index is 0.00857. The summed E-state index contributed by atoms with van der Waals surface area (Å²) in [4.78, 5) is 14.1. The number of nitrogens with one attached hydrogen (secondary N) is 1. The number of carbonyl (C=O) groups is 1. The number of aliphatic hydroxyl groups excluding tert-OH is 1. The quantitative estimate of drug-likeness (QED) is 0.862. The monoisotopic (exact) mass is 293 g/mol. The Labute approximate surface area is 124 Å². The zero-order valence-corrected chi connectivity index (χ0v) is 12.4. The van der Waals surface area contributed by atoms with E-state index in [0.717, 1.165) is 25.7 Å². The van der Waals surface area contributed by atoms with Gasteiger partial charge in [-0.1, -0.05) is 6.92 Å². The number of rotatable bonds is 2. The molecule has 0 aliphatic carbocycles. The summed E-state index contributed by atoms with van der Waals surface area (Å²) in [7, 11) is 0. The van der Waals surface area contributed by atoms with Crippen LogP contribution in [0.1, 0.15) is 49.5 Å². The van der Waals surface area contributed by atoms with Crippen molar-refractivity contribution in [3.63, 3.8) is 0 Å². The number of carbonyl (C=O) groups excluding carboxylic acids is 1. The van der Waals surface area contributed by atoms with E-state index in [9.17, 15) is 9.90 Å². The molecule has 1 aromatic heterocycles. The maximum Gasteiger partial charge on any atom is 0.271 e. The average Bonchev–Trinajstić information content (AvgIpc) is 3.00. The van der Waals surface area contributed by atoms with Gasteiger partial charge < -0.3 is 14.7 Å². The van der Waals surface area contributed by atoms with Crippen LogP contribution in [0.5, 0.6) is 0 Å². The van der Waals surface area contributed by atoms with Crippen molar-refractivity contribution in [2.75, 3.05) is 13.1 Å². The van der Waals surface area contributed by atoms with Crippen LogP contribution in [0.2, 0.25) is 0 Å². The molecule has 6 heteroatoms. The molecule has 2 saturated heterocycles. The van der Waals surface area contributed by atoms with E-state index in [0.29, 0.717) is 25.2 Å². The van der Waals surface area contributed by atoms with Crippen LogP contribution in [-0.4, -0.2) is 57.0 Å². The minimum atomic E-state index is -0.279. The van der Waals surface area contributed by atoms with Gasteiger partial charge in [0.2, 0.25) is 0 Å². The van der Waals surface area contributed by atoms with Crippen molar-refractivity contribution in [2.24, 2.45) is 0 Å². The van der Waals surface area contributed by atoms with Gasteiger partial charge in [-0.05, 0) is 31.7 Å². The number of amides is 1. The van der Waals surface area contributed by atoms with E-state index in [1.54, 1.807) is 12.3 Å². The van der Waals surface area contributed by atoms with Gasteiger partial charge in [0, 0.05) is 25.7 Å². The van der Waals surface area contributed by atoms with Crippen molar-refractivity contribution in [3.8, 4) is 0 Å². The molecule has 21 heavy (non-hydrogen) atoms. The number of hydrogen-bond donors (Lipinski definition) is 2. The average molecular weight is 293 g/mol. The van der Waals surface area contributed by atoms with E-state index in [1.165, 1.54) is 0 Å². The van der Waals surface area contributed by atoms with Crippen LogP contribution in [0, 0.1) is 0 Å². The standard InChI is InChI=1S/C15H23N3O3/c1-2-12-9-11(19)10-15(21-12)4-7-18(8-5-15)14(20)13-3-6-16-17-13/h3,6,11-12,19H,2,4-5,7-10H2,1H3,(H,16,17)/t11-,12+/m1/s1. The lowest BCUT2D eigenvalue weighted by atomic mass is 9.81. The van der Waals surface area contributed by atoms with Crippen molar-refractivity contribution in [3.05, 3.63) is 18.0 Å². The Morgan fingerprint density at radius 2 is 2.33 bits per heavy atom. The zero-order chi connectivity index (χ0) is 14.9. The molecule has 0 unspecified atom stereocenters. The van der Waals surface area contributed by atoms with Gasteiger partial charge >= 0.3 is 0 Å². The Balaban J connectivity index is 1.63. The fraction of sp³-hybridized carbons (Fsp3) is 0.733. The molecule has 0 radical (unpaired) electrons. The molecule has 2 aliphatic heterocycles. The van der Waals surface area contributed by atoms with Crippen molar-refractivity contribution in [2.45, 2.75) is 56.8 Å². The van der Waals surface area contributed by atoms with Crippen LogP contribution in [0.25, 0.3) is 0 Å². The van der Waals surface area contributed by atoms with Gasteiger partial charge in [0.25, 0.3) is 5.91 Å². The Morgan fingerprint density at radius 3 is 2.95 bits per heavy atom. The second-order valence-electron chi connectivity index (χ2n) is 6.19. The number of aromatic amines is 1. The molecule has 116 valence electrons. The maximum absolute atomic E-state index is 12.3. The first kappa shape index (κ1) is 14.5. The number of ether oxygens (including phenoxy) is 1. The van der Waals surface area contributed by atoms with Gasteiger partial charge in [-0.3, -0.25) is 9.89 Å². The van der Waals surface area contributed by atoms with E-state index in [4.69, 9.17) is 4.74 Å².